The molecule has 2 N–H and O–H groups in total. The average molecular weight is 399 g/mol. The molecule has 114 valence electrons. The molecule has 0 bridgehead atoms. The highest BCUT2D eigenvalue weighted by Crippen LogP contribution is 2.43. The van der Waals surface area contributed by atoms with Gasteiger partial charge in [0, 0.05) is 19.6 Å². The first-order valence-electron chi connectivity index (χ1n) is 7.27. The summed E-state index contributed by atoms with van der Waals surface area (Å²) in [7, 11) is 0. The Morgan fingerprint density at radius 2 is 2.00 bits per heavy atom. The first-order valence-corrected chi connectivity index (χ1v) is 8.67. The van der Waals surface area contributed by atoms with Crippen molar-refractivity contribution in [2.24, 2.45) is 10.4 Å². The first kappa shape index (κ1) is 19.4. The zero-order valence-electron chi connectivity index (χ0n) is 12.6. The molecule has 19 heavy (non-hydrogen) atoms. The molecule has 0 atom stereocenters. The normalized spacial score (nSPS) is 17.3. The van der Waals surface area contributed by atoms with Gasteiger partial charge in [0.1, 0.15) is 0 Å². The third-order valence-electron chi connectivity index (χ3n) is 3.90. The van der Waals surface area contributed by atoms with E-state index in [1.165, 1.54) is 37.9 Å². The molecular weight excluding hydrogens is 369 g/mol. The molecule has 1 saturated carbocycles. The molecule has 0 radical (unpaired) electrons. The van der Waals surface area contributed by atoms with E-state index < -0.39 is 0 Å². The number of aliphatic imine (C=N–C) groups is 1. The van der Waals surface area contributed by atoms with Gasteiger partial charge in [0.15, 0.2) is 5.96 Å². The summed E-state index contributed by atoms with van der Waals surface area (Å²) in [6, 6.07) is 0. The van der Waals surface area contributed by atoms with E-state index in [0.29, 0.717) is 5.41 Å². The molecule has 0 aromatic carbocycles. The fraction of sp³-hybridized carbons (Fsp3) is 0.929. The highest BCUT2D eigenvalue weighted by molar-refractivity contribution is 14.0. The highest BCUT2D eigenvalue weighted by atomic mass is 127. The number of hydrogen-bond acceptors (Lipinski definition) is 2. The van der Waals surface area contributed by atoms with Gasteiger partial charge in [-0.1, -0.05) is 13.3 Å². The van der Waals surface area contributed by atoms with Crippen LogP contribution in [0.2, 0.25) is 0 Å². The van der Waals surface area contributed by atoms with Crippen LogP contribution in [0.5, 0.6) is 0 Å². The first-order chi connectivity index (χ1) is 8.76. The topological polar surface area (TPSA) is 36.4 Å². The molecular formula is C14H30IN3S. The lowest BCUT2D eigenvalue weighted by Gasteiger charge is -2.40. The van der Waals surface area contributed by atoms with Crippen LogP contribution in [-0.2, 0) is 0 Å². The van der Waals surface area contributed by atoms with Crippen LogP contribution in [0, 0.1) is 5.41 Å². The van der Waals surface area contributed by atoms with Gasteiger partial charge in [-0.15, -0.1) is 24.0 Å². The van der Waals surface area contributed by atoms with Crippen LogP contribution in [-0.4, -0.2) is 37.6 Å². The molecule has 0 aromatic heterocycles. The van der Waals surface area contributed by atoms with Crippen LogP contribution in [0.25, 0.3) is 0 Å². The van der Waals surface area contributed by atoms with E-state index in [-0.39, 0.29) is 24.0 Å². The Labute approximate surface area is 140 Å². The van der Waals surface area contributed by atoms with Crippen molar-refractivity contribution in [3.05, 3.63) is 0 Å². The predicted octanol–water partition coefficient (Wildman–Crippen LogP) is 3.49. The molecule has 5 heteroatoms. The summed E-state index contributed by atoms with van der Waals surface area (Å²) in [5, 5.41) is 6.76. The average Bonchev–Trinajstić information content (AvgIpc) is 2.33. The number of halogens is 1. The number of guanidine groups is 1. The molecule has 1 aliphatic rings. The zero-order chi connectivity index (χ0) is 13.3. The standard InChI is InChI=1S/C14H29N3S.HI/c1-4-14(8-6-9-14)12-17-13(15-5-2)16-10-7-11-18-3;/h4-12H2,1-3H3,(H2,15,16,17);1H. The minimum atomic E-state index is 0. The van der Waals surface area contributed by atoms with Gasteiger partial charge in [0.05, 0.1) is 0 Å². The maximum Gasteiger partial charge on any atom is 0.191 e. The molecule has 0 heterocycles. The zero-order valence-corrected chi connectivity index (χ0v) is 15.8. The molecule has 0 spiro atoms. The Kier molecular flexibility index (Phi) is 11.3. The van der Waals surface area contributed by atoms with Crippen molar-refractivity contribution >= 4 is 41.7 Å². The van der Waals surface area contributed by atoms with Crippen molar-refractivity contribution in [3.8, 4) is 0 Å². The van der Waals surface area contributed by atoms with Crippen LogP contribution in [0.4, 0.5) is 0 Å². The number of nitrogens with zero attached hydrogens (tertiary/aromatic N) is 1. The van der Waals surface area contributed by atoms with Crippen molar-refractivity contribution in [1.82, 2.24) is 10.6 Å². The van der Waals surface area contributed by atoms with E-state index in [1.807, 2.05) is 11.8 Å². The van der Waals surface area contributed by atoms with Gasteiger partial charge in [-0.2, -0.15) is 11.8 Å². The Hall–Kier alpha value is 0.350. The smallest absolute Gasteiger partial charge is 0.191 e. The number of nitrogens with one attached hydrogen (secondary N) is 2. The van der Waals surface area contributed by atoms with Gasteiger partial charge in [-0.3, -0.25) is 4.99 Å². The predicted molar refractivity (Wildman–Crippen MR) is 99.0 cm³/mol. The summed E-state index contributed by atoms with van der Waals surface area (Å²) in [4.78, 5) is 4.76. The van der Waals surface area contributed by atoms with Gasteiger partial charge >= 0.3 is 0 Å². The second-order valence-corrected chi connectivity index (χ2v) is 6.16. The van der Waals surface area contributed by atoms with Crippen molar-refractivity contribution < 1.29 is 0 Å². The molecule has 0 aliphatic heterocycles. The summed E-state index contributed by atoms with van der Waals surface area (Å²) < 4.78 is 0. The Morgan fingerprint density at radius 1 is 1.26 bits per heavy atom. The second-order valence-electron chi connectivity index (χ2n) is 5.18. The SMILES string of the molecule is CCNC(=NCC1(CC)CCC1)NCCCSC.I. The van der Waals surface area contributed by atoms with Gasteiger partial charge in [-0.25, -0.2) is 0 Å². The summed E-state index contributed by atoms with van der Waals surface area (Å²) in [5.41, 5.74) is 0.515. The van der Waals surface area contributed by atoms with Crippen LogP contribution < -0.4 is 10.6 Å². The summed E-state index contributed by atoms with van der Waals surface area (Å²) >= 11 is 1.90. The molecule has 1 rings (SSSR count). The van der Waals surface area contributed by atoms with Crippen molar-refractivity contribution in [2.45, 2.75) is 46.0 Å². The van der Waals surface area contributed by atoms with Gasteiger partial charge in [-0.05, 0) is 50.0 Å². The quantitative estimate of drug-likeness (QED) is 0.284. The van der Waals surface area contributed by atoms with Gasteiger partial charge in [0.2, 0.25) is 0 Å². The largest absolute Gasteiger partial charge is 0.357 e. The molecule has 3 nitrogen and oxygen atoms in total. The molecule has 1 fully saturated rings. The lowest BCUT2D eigenvalue weighted by atomic mass is 9.67. The monoisotopic (exact) mass is 399 g/mol. The summed E-state index contributed by atoms with van der Waals surface area (Å²) in [6.45, 7) is 7.37. The molecule has 0 aromatic rings. The van der Waals surface area contributed by atoms with E-state index in [2.05, 4.69) is 30.7 Å². The van der Waals surface area contributed by atoms with Crippen LogP contribution in [0.1, 0.15) is 46.0 Å². The fourth-order valence-electron chi connectivity index (χ4n) is 2.31. The molecule has 0 saturated heterocycles. The Bertz CT molecular complexity index is 250. The van der Waals surface area contributed by atoms with E-state index in [4.69, 9.17) is 4.99 Å². The van der Waals surface area contributed by atoms with Crippen molar-refractivity contribution in [2.75, 3.05) is 31.6 Å². The minimum Gasteiger partial charge on any atom is -0.357 e. The van der Waals surface area contributed by atoms with Crippen LogP contribution in [0.3, 0.4) is 0 Å². The molecule has 1 aliphatic carbocycles. The second kappa shape index (κ2) is 11.1. The molecule has 0 amide bonds. The number of rotatable bonds is 8. The summed E-state index contributed by atoms with van der Waals surface area (Å²) in [5.74, 6) is 2.21. The maximum atomic E-state index is 4.76. The van der Waals surface area contributed by atoms with Crippen LogP contribution >= 0.6 is 35.7 Å². The van der Waals surface area contributed by atoms with Crippen molar-refractivity contribution in [3.63, 3.8) is 0 Å². The van der Waals surface area contributed by atoms with Crippen LogP contribution in [0.15, 0.2) is 4.99 Å². The Balaban J connectivity index is 0.00000324. The summed E-state index contributed by atoms with van der Waals surface area (Å²) in [6.07, 6.45) is 8.73. The Morgan fingerprint density at radius 3 is 2.47 bits per heavy atom. The third-order valence-corrected chi connectivity index (χ3v) is 4.60. The minimum absolute atomic E-state index is 0. The van der Waals surface area contributed by atoms with Gasteiger partial charge < -0.3 is 10.6 Å². The highest BCUT2D eigenvalue weighted by Gasteiger charge is 2.34. The third kappa shape index (κ3) is 7.06. The van der Waals surface area contributed by atoms with Crippen molar-refractivity contribution in [1.29, 1.82) is 0 Å². The lowest BCUT2D eigenvalue weighted by Crippen LogP contribution is -2.40. The molecule has 0 unspecified atom stereocenters. The van der Waals surface area contributed by atoms with E-state index in [9.17, 15) is 0 Å². The maximum absolute atomic E-state index is 4.76. The number of thioether (sulfide) groups is 1. The fourth-order valence-corrected chi connectivity index (χ4v) is 2.75. The number of hydrogen-bond donors (Lipinski definition) is 2. The van der Waals surface area contributed by atoms with E-state index in [0.717, 1.165) is 25.6 Å². The van der Waals surface area contributed by atoms with E-state index >= 15 is 0 Å². The van der Waals surface area contributed by atoms with Gasteiger partial charge in [0.25, 0.3) is 0 Å². The lowest BCUT2D eigenvalue weighted by molar-refractivity contribution is 0.139. The van der Waals surface area contributed by atoms with E-state index in [1.54, 1.807) is 0 Å².